The van der Waals surface area contributed by atoms with Crippen LogP contribution in [0, 0.1) is 0 Å². The molecule has 0 unspecified atom stereocenters. The van der Waals surface area contributed by atoms with E-state index < -0.39 is 0 Å². The van der Waals surface area contributed by atoms with Gasteiger partial charge in [-0.15, -0.1) is 0 Å². The number of furan rings is 1. The van der Waals surface area contributed by atoms with Gasteiger partial charge in [0.1, 0.15) is 5.76 Å². The summed E-state index contributed by atoms with van der Waals surface area (Å²) in [5.41, 5.74) is 0.961. The lowest BCUT2D eigenvalue weighted by Crippen LogP contribution is -2.21. The molecule has 0 spiro atoms. The average molecular weight is 277 g/mol. The van der Waals surface area contributed by atoms with Crippen molar-refractivity contribution in [2.45, 2.75) is 39.9 Å². The van der Waals surface area contributed by atoms with Gasteiger partial charge in [0.25, 0.3) is 0 Å². The molecule has 110 valence electrons. The molecule has 0 amide bonds. The molecule has 0 aliphatic rings. The van der Waals surface area contributed by atoms with Crippen molar-refractivity contribution in [1.29, 1.82) is 0 Å². The standard InChI is InChI=1S/C15H23N3O2/c1-3-7-16-10-13-9-15(20-17-13)12-18(4-2)11-14-6-5-8-19-14/h5-6,8-9,16H,3-4,7,10-12H2,1-2H3. The minimum absolute atomic E-state index is 0.748. The second-order valence-electron chi connectivity index (χ2n) is 4.84. The molecule has 0 aliphatic carbocycles. The Balaban J connectivity index is 1.84. The number of aromatic nitrogens is 1. The SMILES string of the molecule is CCCNCc1cc(CN(CC)Cc2ccco2)on1. The Morgan fingerprint density at radius 3 is 2.80 bits per heavy atom. The Kier molecular flexibility index (Phi) is 5.83. The first kappa shape index (κ1) is 14.8. The predicted molar refractivity (Wildman–Crippen MR) is 77.0 cm³/mol. The predicted octanol–water partition coefficient (Wildman–Crippen LogP) is 2.79. The van der Waals surface area contributed by atoms with E-state index in [4.69, 9.17) is 8.94 Å². The fraction of sp³-hybridized carbons (Fsp3) is 0.533. The summed E-state index contributed by atoms with van der Waals surface area (Å²) >= 11 is 0. The van der Waals surface area contributed by atoms with Crippen molar-refractivity contribution in [3.8, 4) is 0 Å². The summed E-state index contributed by atoms with van der Waals surface area (Å²) in [5, 5.41) is 7.40. The molecule has 2 aromatic heterocycles. The van der Waals surface area contributed by atoms with Crippen LogP contribution < -0.4 is 5.32 Å². The van der Waals surface area contributed by atoms with Gasteiger partial charge in [0.05, 0.1) is 25.0 Å². The molecule has 0 bridgehead atoms. The molecule has 2 rings (SSSR count). The van der Waals surface area contributed by atoms with Crippen LogP contribution in [-0.2, 0) is 19.6 Å². The van der Waals surface area contributed by atoms with E-state index in [0.29, 0.717) is 0 Å². The van der Waals surface area contributed by atoms with E-state index >= 15 is 0 Å². The number of hydrogen-bond donors (Lipinski definition) is 1. The lowest BCUT2D eigenvalue weighted by Gasteiger charge is -2.16. The second kappa shape index (κ2) is 7.87. The van der Waals surface area contributed by atoms with Crippen LogP contribution in [0.2, 0.25) is 0 Å². The first-order chi connectivity index (χ1) is 9.81. The van der Waals surface area contributed by atoms with Gasteiger partial charge in [0, 0.05) is 12.6 Å². The fourth-order valence-corrected chi connectivity index (χ4v) is 2.03. The zero-order valence-corrected chi connectivity index (χ0v) is 12.3. The summed E-state index contributed by atoms with van der Waals surface area (Å²) in [4.78, 5) is 2.25. The molecule has 20 heavy (non-hydrogen) atoms. The van der Waals surface area contributed by atoms with E-state index in [1.807, 2.05) is 18.2 Å². The maximum atomic E-state index is 5.38. The van der Waals surface area contributed by atoms with Gasteiger partial charge in [-0.3, -0.25) is 4.90 Å². The molecule has 0 atom stereocenters. The zero-order valence-electron chi connectivity index (χ0n) is 12.3. The minimum Gasteiger partial charge on any atom is -0.468 e. The first-order valence-corrected chi connectivity index (χ1v) is 7.21. The average Bonchev–Trinajstić information content (AvgIpc) is 3.10. The first-order valence-electron chi connectivity index (χ1n) is 7.21. The van der Waals surface area contributed by atoms with Crippen LogP contribution in [-0.4, -0.2) is 23.1 Å². The Bertz CT molecular complexity index is 479. The largest absolute Gasteiger partial charge is 0.468 e. The van der Waals surface area contributed by atoms with Gasteiger partial charge in [0.2, 0.25) is 0 Å². The highest BCUT2D eigenvalue weighted by Gasteiger charge is 2.10. The van der Waals surface area contributed by atoms with Gasteiger partial charge in [0.15, 0.2) is 5.76 Å². The maximum Gasteiger partial charge on any atom is 0.151 e. The van der Waals surface area contributed by atoms with Gasteiger partial charge in [-0.1, -0.05) is 19.0 Å². The normalized spacial score (nSPS) is 11.3. The third kappa shape index (κ3) is 4.51. The summed E-state index contributed by atoms with van der Waals surface area (Å²) in [6.07, 6.45) is 2.83. The molecule has 0 fully saturated rings. The number of nitrogens with one attached hydrogen (secondary N) is 1. The summed E-state index contributed by atoms with van der Waals surface area (Å²) in [6, 6.07) is 5.92. The quantitative estimate of drug-likeness (QED) is 0.714. The third-order valence-electron chi connectivity index (χ3n) is 3.13. The molecule has 0 aromatic carbocycles. The molecule has 0 aliphatic heterocycles. The lowest BCUT2D eigenvalue weighted by atomic mass is 10.3. The molecule has 5 heteroatoms. The molecule has 0 radical (unpaired) electrons. The highest BCUT2D eigenvalue weighted by molar-refractivity contribution is 5.05. The summed E-state index contributed by atoms with van der Waals surface area (Å²) in [5.74, 6) is 1.86. The van der Waals surface area contributed by atoms with E-state index in [-0.39, 0.29) is 0 Å². The monoisotopic (exact) mass is 277 g/mol. The van der Waals surface area contributed by atoms with Crippen molar-refractivity contribution in [2.75, 3.05) is 13.1 Å². The Labute approximate surface area is 119 Å². The second-order valence-corrected chi connectivity index (χ2v) is 4.84. The Morgan fingerprint density at radius 2 is 2.10 bits per heavy atom. The zero-order chi connectivity index (χ0) is 14.2. The Hall–Kier alpha value is -1.59. The van der Waals surface area contributed by atoms with Gasteiger partial charge < -0.3 is 14.3 Å². The van der Waals surface area contributed by atoms with Crippen molar-refractivity contribution in [3.63, 3.8) is 0 Å². The smallest absolute Gasteiger partial charge is 0.151 e. The van der Waals surface area contributed by atoms with Crippen LogP contribution in [0.5, 0.6) is 0 Å². The van der Waals surface area contributed by atoms with Crippen LogP contribution >= 0.6 is 0 Å². The highest BCUT2D eigenvalue weighted by Crippen LogP contribution is 2.11. The van der Waals surface area contributed by atoms with E-state index in [1.165, 1.54) is 0 Å². The Morgan fingerprint density at radius 1 is 1.25 bits per heavy atom. The van der Waals surface area contributed by atoms with Gasteiger partial charge in [-0.2, -0.15) is 0 Å². The minimum atomic E-state index is 0.748. The highest BCUT2D eigenvalue weighted by atomic mass is 16.5. The molecule has 0 saturated carbocycles. The molecular weight excluding hydrogens is 254 g/mol. The third-order valence-corrected chi connectivity index (χ3v) is 3.13. The van der Waals surface area contributed by atoms with E-state index in [9.17, 15) is 0 Å². The summed E-state index contributed by atoms with van der Waals surface area (Å²) in [6.45, 7) is 8.51. The van der Waals surface area contributed by atoms with Crippen LogP contribution in [0.1, 0.15) is 37.5 Å². The maximum absolute atomic E-state index is 5.38. The molecule has 2 heterocycles. The van der Waals surface area contributed by atoms with Gasteiger partial charge in [-0.05, 0) is 31.6 Å². The lowest BCUT2D eigenvalue weighted by molar-refractivity contribution is 0.217. The number of rotatable bonds is 9. The topological polar surface area (TPSA) is 54.4 Å². The van der Waals surface area contributed by atoms with E-state index in [0.717, 1.165) is 56.4 Å². The van der Waals surface area contributed by atoms with Crippen molar-refractivity contribution in [3.05, 3.63) is 41.7 Å². The van der Waals surface area contributed by atoms with E-state index in [2.05, 4.69) is 29.2 Å². The van der Waals surface area contributed by atoms with Crippen LogP contribution in [0.3, 0.4) is 0 Å². The molecule has 5 nitrogen and oxygen atoms in total. The fourth-order valence-electron chi connectivity index (χ4n) is 2.03. The molecule has 1 N–H and O–H groups in total. The van der Waals surface area contributed by atoms with Crippen LogP contribution in [0.25, 0.3) is 0 Å². The van der Waals surface area contributed by atoms with Crippen LogP contribution in [0.15, 0.2) is 33.4 Å². The van der Waals surface area contributed by atoms with Crippen molar-refractivity contribution >= 4 is 0 Å². The van der Waals surface area contributed by atoms with Crippen molar-refractivity contribution in [1.82, 2.24) is 15.4 Å². The van der Waals surface area contributed by atoms with Gasteiger partial charge >= 0.3 is 0 Å². The van der Waals surface area contributed by atoms with Crippen molar-refractivity contribution in [2.24, 2.45) is 0 Å². The number of nitrogens with zero attached hydrogens (tertiary/aromatic N) is 2. The molecule has 2 aromatic rings. The van der Waals surface area contributed by atoms with Crippen molar-refractivity contribution < 1.29 is 8.94 Å². The van der Waals surface area contributed by atoms with E-state index in [1.54, 1.807) is 6.26 Å². The molecular formula is C15H23N3O2. The summed E-state index contributed by atoms with van der Waals surface area (Å²) < 4.78 is 10.8. The molecule has 0 saturated heterocycles. The summed E-state index contributed by atoms with van der Waals surface area (Å²) in [7, 11) is 0. The number of hydrogen-bond acceptors (Lipinski definition) is 5. The van der Waals surface area contributed by atoms with Crippen LogP contribution in [0.4, 0.5) is 0 Å². The van der Waals surface area contributed by atoms with Gasteiger partial charge in [-0.25, -0.2) is 0 Å².